The van der Waals surface area contributed by atoms with Gasteiger partial charge in [0, 0.05) is 12.4 Å². The Morgan fingerprint density at radius 1 is 1.30 bits per heavy atom. The average molecular weight is 349 g/mol. The Kier molecular flexibility index (Phi) is 3.49. The van der Waals surface area contributed by atoms with Gasteiger partial charge >= 0.3 is 6.18 Å². The highest BCUT2D eigenvalue weighted by molar-refractivity contribution is 6.33. The molecule has 0 aliphatic carbocycles. The number of hydrogen-bond donors (Lipinski definition) is 2. The molecule has 1 unspecified atom stereocenters. The normalized spacial score (nSPS) is 17.9. The maximum Gasteiger partial charge on any atom is 0.431 e. The highest BCUT2D eigenvalue weighted by atomic mass is 35.5. The van der Waals surface area contributed by atoms with Crippen LogP contribution in [-0.4, -0.2) is 27.1 Å². The van der Waals surface area contributed by atoms with Gasteiger partial charge in [0.25, 0.3) is 0 Å². The number of aliphatic hydroxyl groups is 1. The quantitative estimate of drug-likeness (QED) is 0.614. The Morgan fingerprint density at radius 2 is 2.00 bits per heavy atom. The van der Waals surface area contributed by atoms with Crippen LogP contribution in [0.4, 0.5) is 34.9 Å². The standard InChI is InChI=1S/C13H9ClF4N4O/c14-6-3-7(15)9(4-8(6)19)22-11(23)5-10(13(16,17)18)21-2-1-20-12(21)22/h1-5,11,23H,19H2. The van der Waals surface area contributed by atoms with Crippen LogP contribution in [0.1, 0.15) is 0 Å². The first-order valence-electron chi connectivity index (χ1n) is 6.24. The predicted molar refractivity (Wildman–Crippen MR) is 76.5 cm³/mol. The lowest BCUT2D eigenvalue weighted by molar-refractivity contribution is -0.0746. The van der Waals surface area contributed by atoms with Crippen molar-refractivity contribution < 1.29 is 22.7 Å². The summed E-state index contributed by atoms with van der Waals surface area (Å²) in [7, 11) is 0. The van der Waals surface area contributed by atoms with Crippen LogP contribution in [-0.2, 0) is 0 Å². The van der Waals surface area contributed by atoms with Crippen LogP contribution in [0, 0.1) is 5.82 Å². The highest BCUT2D eigenvalue weighted by Gasteiger charge is 2.41. The number of aliphatic hydroxyl groups excluding tert-OH is 1. The third-order valence-electron chi connectivity index (χ3n) is 3.28. The number of imidazole rings is 1. The van der Waals surface area contributed by atoms with Gasteiger partial charge in [0.05, 0.1) is 16.4 Å². The molecule has 0 fully saturated rings. The molecule has 10 heteroatoms. The lowest BCUT2D eigenvalue weighted by atomic mass is 10.2. The Hall–Kier alpha value is -2.26. The van der Waals surface area contributed by atoms with Crippen LogP contribution in [0.5, 0.6) is 0 Å². The monoisotopic (exact) mass is 348 g/mol. The molecule has 2 heterocycles. The van der Waals surface area contributed by atoms with Crippen LogP contribution in [0.3, 0.4) is 0 Å². The lowest BCUT2D eigenvalue weighted by Crippen LogP contribution is -2.38. The number of halogens is 5. The maximum atomic E-state index is 14.1. The van der Waals surface area contributed by atoms with Crippen molar-refractivity contribution in [3.8, 4) is 0 Å². The van der Waals surface area contributed by atoms with E-state index in [-0.39, 0.29) is 22.3 Å². The minimum absolute atomic E-state index is 0.0129. The Morgan fingerprint density at radius 3 is 2.65 bits per heavy atom. The number of hydrogen-bond acceptors (Lipinski definition) is 4. The summed E-state index contributed by atoms with van der Waals surface area (Å²) < 4.78 is 54.0. The minimum atomic E-state index is -4.71. The van der Waals surface area contributed by atoms with Crippen LogP contribution in [0.15, 0.2) is 30.6 Å². The molecule has 1 aliphatic heterocycles. The van der Waals surface area contributed by atoms with Gasteiger partial charge in [0.15, 0.2) is 6.23 Å². The Bertz CT molecular complexity index is 802. The van der Waals surface area contributed by atoms with Gasteiger partial charge in [-0.2, -0.15) is 13.2 Å². The summed E-state index contributed by atoms with van der Waals surface area (Å²) in [5, 5.41) is 10.0. The predicted octanol–water partition coefficient (Wildman–Crippen LogP) is 3.13. The molecule has 2 aromatic rings. The van der Waals surface area contributed by atoms with Crippen LogP contribution < -0.4 is 10.6 Å². The first-order valence-corrected chi connectivity index (χ1v) is 6.62. The molecule has 0 radical (unpaired) electrons. The third kappa shape index (κ3) is 2.51. The van der Waals surface area contributed by atoms with Crippen molar-refractivity contribution in [3.05, 3.63) is 41.4 Å². The number of benzene rings is 1. The maximum absolute atomic E-state index is 14.1. The molecule has 5 nitrogen and oxygen atoms in total. The molecule has 3 rings (SSSR count). The molecule has 3 N–H and O–H groups in total. The number of allylic oxidation sites excluding steroid dienone is 1. The fourth-order valence-electron chi connectivity index (χ4n) is 2.30. The van der Waals surface area contributed by atoms with E-state index < -0.39 is 23.9 Å². The first kappa shape index (κ1) is 15.6. The summed E-state index contributed by atoms with van der Waals surface area (Å²) in [5.74, 6) is -1.16. The van der Waals surface area contributed by atoms with Gasteiger partial charge < -0.3 is 10.8 Å². The SMILES string of the molecule is Nc1cc(N2c3nccn3C(C(F)(F)F)=CC2O)c(F)cc1Cl. The van der Waals surface area contributed by atoms with E-state index in [2.05, 4.69) is 4.98 Å². The van der Waals surface area contributed by atoms with Crippen molar-refractivity contribution in [1.29, 1.82) is 0 Å². The Labute approximate surface area is 132 Å². The fourth-order valence-corrected chi connectivity index (χ4v) is 2.45. The van der Waals surface area contributed by atoms with Crippen molar-refractivity contribution in [2.75, 3.05) is 10.6 Å². The molecular weight excluding hydrogens is 340 g/mol. The number of aromatic nitrogens is 2. The second kappa shape index (κ2) is 5.14. The molecule has 1 aliphatic rings. The second-order valence-corrected chi connectivity index (χ2v) is 5.16. The van der Waals surface area contributed by atoms with Gasteiger partial charge in [0.1, 0.15) is 11.5 Å². The largest absolute Gasteiger partial charge is 0.431 e. The molecule has 1 aromatic heterocycles. The van der Waals surface area contributed by atoms with E-state index in [9.17, 15) is 22.7 Å². The van der Waals surface area contributed by atoms with Crippen LogP contribution in [0.2, 0.25) is 5.02 Å². The molecule has 0 amide bonds. The van der Waals surface area contributed by atoms with E-state index >= 15 is 0 Å². The molecule has 1 aromatic carbocycles. The van der Waals surface area contributed by atoms with E-state index in [0.717, 1.165) is 29.4 Å². The van der Waals surface area contributed by atoms with Gasteiger partial charge in [-0.3, -0.25) is 9.47 Å². The number of fused-ring (bicyclic) bond motifs is 1. The Balaban J connectivity index is 2.18. The van der Waals surface area contributed by atoms with Crippen molar-refractivity contribution in [2.45, 2.75) is 12.4 Å². The van der Waals surface area contributed by atoms with Crippen LogP contribution in [0.25, 0.3) is 5.70 Å². The minimum Gasteiger partial charge on any atom is -0.397 e. The zero-order valence-corrected chi connectivity index (χ0v) is 12.0. The topological polar surface area (TPSA) is 67.3 Å². The van der Waals surface area contributed by atoms with Crippen molar-refractivity contribution in [2.24, 2.45) is 0 Å². The second-order valence-electron chi connectivity index (χ2n) is 4.76. The zero-order valence-electron chi connectivity index (χ0n) is 11.2. The van der Waals surface area contributed by atoms with Crippen molar-refractivity contribution >= 4 is 34.6 Å². The summed E-state index contributed by atoms with van der Waals surface area (Å²) in [6.45, 7) is 0. The van der Waals surface area contributed by atoms with Crippen molar-refractivity contribution in [1.82, 2.24) is 9.55 Å². The first-order chi connectivity index (χ1) is 10.7. The lowest BCUT2D eigenvalue weighted by Gasteiger charge is -2.33. The molecule has 1 atom stereocenters. The van der Waals surface area contributed by atoms with Crippen molar-refractivity contribution in [3.63, 3.8) is 0 Å². The number of nitrogens with two attached hydrogens (primary N) is 1. The summed E-state index contributed by atoms with van der Waals surface area (Å²) >= 11 is 5.70. The fraction of sp³-hybridized carbons (Fsp3) is 0.154. The number of nitrogens with zero attached hydrogens (tertiary/aromatic N) is 3. The number of anilines is 3. The zero-order chi connectivity index (χ0) is 16.9. The number of nitrogen functional groups attached to an aromatic ring is 1. The van der Waals surface area contributed by atoms with E-state index in [1.54, 1.807) is 0 Å². The molecule has 0 spiro atoms. The summed E-state index contributed by atoms with van der Waals surface area (Å²) in [6.07, 6.45) is -3.77. The third-order valence-corrected chi connectivity index (χ3v) is 3.61. The van der Waals surface area contributed by atoms with E-state index in [0.29, 0.717) is 10.6 Å². The molecule has 23 heavy (non-hydrogen) atoms. The molecule has 0 saturated heterocycles. The average Bonchev–Trinajstić information content (AvgIpc) is 2.90. The van der Waals surface area contributed by atoms with Gasteiger partial charge in [0.2, 0.25) is 5.95 Å². The summed E-state index contributed by atoms with van der Waals surface area (Å²) in [6, 6.07) is 2.03. The van der Waals surface area contributed by atoms with E-state index in [1.807, 2.05) is 0 Å². The van der Waals surface area contributed by atoms with E-state index in [1.165, 1.54) is 0 Å². The smallest absolute Gasteiger partial charge is 0.397 e. The van der Waals surface area contributed by atoms with E-state index in [4.69, 9.17) is 17.3 Å². The number of alkyl halides is 3. The van der Waals surface area contributed by atoms with Gasteiger partial charge in [-0.15, -0.1) is 0 Å². The molecular formula is C13H9ClF4N4O. The van der Waals surface area contributed by atoms with Gasteiger partial charge in [-0.25, -0.2) is 9.37 Å². The van der Waals surface area contributed by atoms with Gasteiger partial charge in [-0.05, 0) is 18.2 Å². The molecule has 0 saturated carbocycles. The summed E-state index contributed by atoms with van der Waals surface area (Å²) in [5.41, 5.74) is 4.26. The highest BCUT2D eigenvalue weighted by Crippen LogP contribution is 2.41. The summed E-state index contributed by atoms with van der Waals surface area (Å²) in [4.78, 5) is 4.66. The van der Waals surface area contributed by atoms with Crippen LogP contribution >= 0.6 is 11.6 Å². The molecule has 122 valence electrons. The number of rotatable bonds is 1. The van der Waals surface area contributed by atoms with Gasteiger partial charge in [-0.1, -0.05) is 11.6 Å². The molecule has 0 bridgehead atoms.